The topological polar surface area (TPSA) is 77.1 Å². The van der Waals surface area contributed by atoms with Gasteiger partial charge in [-0.25, -0.2) is 4.79 Å². The molecule has 0 aliphatic carbocycles. The van der Waals surface area contributed by atoms with Gasteiger partial charge in [0.2, 0.25) is 5.41 Å². The van der Waals surface area contributed by atoms with Crippen molar-refractivity contribution < 1.29 is 50.1 Å². The van der Waals surface area contributed by atoms with Crippen LogP contribution in [0, 0.1) is 0 Å². The van der Waals surface area contributed by atoms with Crippen molar-refractivity contribution in [3.63, 3.8) is 0 Å². The Morgan fingerprint density at radius 2 is 1.61 bits per heavy atom. The second-order valence-electron chi connectivity index (χ2n) is 12.2. The zero-order chi connectivity index (χ0) is 34.1. The average molecular weight is 659 g/mol. The number of hydrogen-bond donors (Lipinski definition) is 1. The highest BCUT2D eigenvalue weighted by molar-refractivity contribution is 6.07. The Balaban J connectivity index is 1.48. The molecule has 2 heterocycles. The van der Waals surface area contributed by atoms with Crippen molar-refractivity contribution in [3.05, 3.63) is 52.6 Å². The molecule has 2 aromatic rings. The number of benzene rings is 2. The Morgan fingerprint density at radius 1 is 0.978 bits per heavy atom. The van der Waals surface area contributed by atoms with Gasteiger partial charge in [-0.3, -0.25) is 9.69 Å². The van der Waals surface area contributed by atoms with Gasteiger partial charge in [-0.05, 0) is 75.8 Å². The third-order valence-electron chi connectivity index (χ3n) is 8.38. The van der Waals surface area contributed by atoms with Crippen LogP contribution in [0.5, 0.6) is 17.2 Å². The summed E-state index contributed by atoms with van der Waals surface area (Å²) in [6.07, 6.45) is -9.28. The Hall–Kier alpha value is -3.64. The number of urea groups is 1. The molecule has 2 aliphatic rings. The molecule has 1 fully saturated rings. The van der Waals surface area contributed by atoms with E-state index < -0.39 is 53.2 Å². The summed E-state index contributed by atoms with van der Waals surface area (Å²) in [5.41, 5.74) is -5.27. The largest absolute Gasteiger partial charge is 0.493 e. The first-order chi connectivity index (χ1) is 21.5. The van der Waals surface area contributed by atoms with Crippen LogP contribution in [0.3, 0.4) is 0 Å². The van der Waals surface area contributed by atoms with E-state index in [-0.39, 0.29) is 49.0 Å². The number of alkyl halides is 6. The number of nitrogens with zero attached hydrogens (tertiary/aromatic N) is 1. The van der Waals surface area contributed by atoms with Gasteiger partial charge >= 0.3 is 18.4 Å². The lowest BCUT2D eigenvalue weighted by atomic mass is 9.78. The molecular formula is C33H40F6N2O5. The molecular weight excluding hydrogens is 618 g/mol. The van der Waals surface area contributed by atoms with Gasteiger partial charge in [-0.15, -0.1) is 0 Å². The summed E-state index contributed by atoms with van der Waals surface area (Å²) in [5.74, 6) is 0.0268. The number of rotatable bonds is 13. The molecule has 7 nitrogen and oxygen atoms in total. The first kappa shape index (κ1) is 35.2. The van der Waals surface area contributed by atoms with E-state index in [1.807, 2.05) is 13.8 Å². The van der Waals surface area contributed by atoms with Crippen molar-refractivity contribution in [1.82, 2.24) is 10.2 Å². The molecule has 2 aromatic carbocycles. The fourth-order valence-corrected chi connectivity index (χ4v) is 6.03. The van der Waals surface area contributed by atoms with Gasteiger partial charge in [0.05, 0.1) is 12.7 Å². The number of fused-ring (bicyclic) bond motifs is 1. The summed E-state index contributed by atoms with van der Waals surface area (Å²) in [4.78, 5) is 27.2. The lowest BCUT2D eigenvalue weighted by Gasteiger charge is -2.33. The molecule has 0 aromatic heterocycles. The molecule has 4 rings (SSSR count). The highest BCUT2D eigenvalue weighted by Gasteiger charge is 2.75. The van der Waals surface area contributed by atoms with E-state index in [9.17, 15) is 35.9 Å². The number of amides is 3. The molecule has 254 valence electrons. The lowest BCUT2D eigenvalue weighted by Crippen LogP contribution is -2.55. The molecule has 1 N–H and O–H groups in total. The quantitative estimate of drug-likeness (QED) is 0.135. The summed E-state index contributed by atoms with van der Waals surface area (Å²) in [6.45, 7) is 7.52. The van der Waals surface area contributed by atoms with Gasteiger partial charge in [0.25, 0.3) is 5.91 Å². The highest BCUT2D eigenvalue weighted by Crippen LogP contribution is 2.59. The molecule has 1 atom stereocenters. The zero-order valence-electron chi connectivity index (χ0n) is 26.6. The summed E-state index contributed by atoms with van der Waals surface area (Å²) in [7, 11) is 0. The maximum absolute atomic E-state index is 14.1. The van der Waals surface area contributed by atoms with Gasteiger partial charge < -0.3 is 19.5 Å². The van der Waals surface area contributed by atoms with Gasteiger partial charge in [-0.2, -0.15) is 26.3 Å². The number of unbranched alkanes of at least 4 members (excludes halogenated alkanes) is 1. The standard InChI is InChI=1S/C33H40F6N2O5/c1-6-10-21-18-25-27(45-19-31(25,32(34,35)36)33(37,38)39)24(11-7-2)26(21)44-17-9-8-16-41-28(42)30(5,40-29(41)43)22-12-14-23(15-13-22)46-20(3)4/h12-15,18,20H,6-11,16-17,19H2,1-5H3,(H,40,43). The molecule has 0 radical (unpaired) electrons. The van der Waals surface area contributed by atoms with E-state index in [0.29, 0.717) is 37.0 Å². The number of ether oxygens (including phenoxy) is 3. The number of aryl methyl sites for hydroxylation is 1. The minimum Gasteiger partial charge on any atom is -0.493 e. The lowest BCUT2D eigenvalue weighted by molar-refractivity contribution is -0.303. The van der Waals surface area contributed by atoms with Crippen molar-refractivity contribution >= 4 is 11.9 Å². The first-order valence-corrected chi connectivity index (χ1v) is 15.5. The fraction of sp³-hybridized carbons (Fsp3) is 0.576. The third-order valence-corrected chi connectivity index (χ3v) is 8.38. The molecule has 13 heteroatoms. The van der Waals surface area contributed by atoms with Crippen molar-refractivity contribution in [2.45, 2.75) is 103 Å². The summed E-state index contributed by atoms with van der Waals surface area (Å²) >= 11 is 0. The minimum absolute atomic E-state index is 0.0237. The Morgan fingerprint density at radius 3 is 2.17 bits per heavy atom. The average Bonchev–Trinajstić information content (AvgIpc) is 3.46. The molecule has 1 saturated heterocycles. The van der Waals surface area contributed by atoms with Crippen LogP contribution in [0.2, 0.25) is 0 Å². The molecule has 0 spiro atoms. The zero-order valence-corrected chi connectivity index (χ0v) is 26.6. The van der Waals surface area contributed by atoms with Crippen LogP contribution >= 0.6 is 0 Å². The van der Waals surface area contributed by atoms with E-state index in [0.717, 1.165) is 11.0 Å². The van der Waals surface area contributed by atoms with E-state index in [2.05, 4.69) is 5.32 Å². The normalized spacial score (nSPS) is 19.3. The van der Waals surface area contributed by atoms with Crippen molar-refractivity contribution in [2.24, 2.45) is 0 Å². The second kappa shape index (κ2) is 13.2. The van der Waals surface area contributed by atoms with Gasteiger partial charge in [0.15, 0.2) is 0 Å². The second-order valence-corrected chi connectivity index (χ2v) is 12.2. The monoisotopic (exact) mass is 658 g/mol. The van der Waals surface area contributed by atoms with Crippen LogP contribution in [-0.2, 0) is 28.6 Å². The predicted molar refractivity (Wildman–Crippen MR) is 158 cm³/mol. The van der Waals surface area contributed by atoms with Gasteiger partial charge in [-0.1, -0.05) is 38.8 Å². The predicted octanol–water partition coefficient (Wildman–Crippen LogP) is 7.76. The van der Waals surface area contributed by atoms with E-state index in [4.69, 9.17) is 14.2 Å². The van der Waals surface area contributed by atoms with E-state index in [1.54, 1.807) is 45.0 Å². The fourth-order valence-electron chi connectivity index (χ4n) is 6.03. The van der Waals surface area contributed by atoms with Crippen molar-refractivity contribution in [2.75, 3.05) is 19.8 Å². The summed E-state index contributed by atoms with van der Waals surface area (Å²) in [5, 5.41) is 2.76. The molecule has 46 heavy (non-hydrogen) atoms. The summed E-state index contributed by atoms with van der Waals surface area (Å²) in [6, 6.07) is 7.31. The molecule has 1 unspecified atom stereocenters. The van der Waals surface area contributed by atoms with Gasteiger partial charge in [0.1, 0.15) is 29.4 Å². The van der Waals surface area contributed by atoms with Crippen molar-refractivity contribution in [1.29, 1.82) is 0 Å². The highest BCUT2D eigenvalue weighted by atomic mass is 19.4. The number of hydrogen-bond acceptors (Lipinski definition) is 5. The van der Waals surface area contributed by atoms with Crippen LogP contribution in [0.25, 0.3) is 0 Å². The SMILES string of the molecule is CCCc1cc2c(c(CCC)c1OCCCCN1C(=O)NC(C)(c3ccc(OC(C)C)cc3)C1=O)OCC2(C(F)(F)F)C(F)(F)F. The van der Waals surface area contributed by atoms with Crippen molar-refractivity contribution in [3.8, 4) is 17.2 Å². The maximum atomic E-state index is 14.1. The number of halogens is 6. The smallest absolute Gasteiger partial charge is 0.410 e. The van der Waals surface area contributed by atoms with Crippen LogP contribution in [0.4, 0.5) is 31.1 Å². The maximum Gasteiger partial charge on any atom is 0.410 e. The van der Waals surface area contributed by atoms with E-state index in [1.165, 1.54) is 0 Å². The third kappa shape index (κ3) is 6.33. The van der Waals surface area contributed by atoms with Crippen LogP contribution in [0.1, 0.15) is 82.6 Å². The Kier molecular flexibility index (Phi) is 10.1. The van der Waals surface area contributed by atoms with Crippen LogP contribution in [0.15, 0.2) is 30.3 Å². The summed E-state index contributed by atoms with van der Waals surface area (Å²) < 4.78 is 102. The Labute approximate surface area is 264 Å². The Bertz CT molecular complexity index is 1410. The molecule has 0 bridgehead atoms. The first-order valence-electron chi connectivity index (χ1n) is 15.5. The van der Waals surface area contributed by atoms with Crippen LogP contribution in [-0.4, -0.2) is 55.1 Å². The molecule has 0 saturated carbocycles. The van der Waals surface area contributed by atoms with Crippen LogP contribution < -0.4 is 19.5 Å². The number of imide groups is 1. The molecule has 2 aliphatic heterocycles. The van der Waals surface area contributed by atoms with Gasteiger partial charge in [0, 0.05) is 17.7 Å². The minimum atomic E-state index is -5.62. The number of carbonyl (C=O) groups is 2. The molecule has 3 amide bonds. The number of carbonyl (C=O) groups excluding carboxylic acids is 2. The number of nitrogens with one attached hydrogen (secondary N) is 1. The van der Waals surface area contributed by atoms with E-state index >= 15 is 0 Å².